The van der Waals surface area contributed by atoms with Crippen LogP contribution in [0.4, 0.5) is 8.78 Å². The lowest BCUT2D eigenvalue weighted by Gasteiger charge is -2.32. The molecule has 1 aromatic carbocycles. The summed E-state index contributed by atoms with van der Waals surface area (Å²) in [6.07, 6.45) is 4.82. The Morgan fingerprint density at radius 2 is 2.15 bits per heavy atom. The van der Waals surface area contributed by atoms with E-state index in [1.54, 1.807) is 42.3 Å². The molecule has 0 unspecified atom stereocenters. The van der Waals surface area contributed by atoms with E-state index in [2.05, 4.69) is 36.0 Å². The number of rotatable bonds is 6. The van der Waals surface area contributed by atoms with Gasteiger partial charge in [0.15, 0.2) is 0 Å². The van der Waals surface area contributed by atoms with Crippen LogP contribution in [0, 0.1) is 0 Å². The fourth-order valence-corrected chi connectivity index (χ4v) is 3.57. The van der Waals surface area contributed by atoms with Gasteiger partial charge in [0.1, 0.15) is 5.75 Å². The Bertz CT molecular complexity index is 791. The van der Waals surface area contributed by atoms with Crippen LogP contribution in [0.2, 0.25) is 0 Å². The van der Waals surface area contributed by atoms with Gasteiger partial charge in [0.05, 0.1) is 11.8 Å². The summed E-state index contributed by atoms with van der Waals surface area (Å²) in [6.45, 7) is -0.805. The van der Waals surface area contributed by atoms with Gasteiger partial charge < -0.3 is 10.1 Å². The summed E-state index contributed by atoms with van der Waals surface area (Å²) >= 11 is 3.37. The van der Waals surface area contributed by atoms with Crippen LogP contribution in [0.3, 0.4) is 0 Å². The van der Waals surface area contributed by atoms with E-state index in [1.165, 1.54) is 0 Å². The number of aryl methyl sites for hydroxylation is 1. The summed E-state index contributed by atoms with van der Waals surface area (Å²) in [7, 11) is 1.77. The topological polar surface area (TPSA) is 59.4 Å². The van der Waals surface area contributed by atoms with E-state index in [0.29, 0.717) is 17.7 Å². The second-order valence-corrected chi connectivity index (χ2v) is 7.47. The summed E-state index contributed by atoms with van der Waals surface area (Å²) in [4.78, 5) is 14.4. The first-order valence-electron chi connectivity index (χ1n) is 8.66. The molecule has 1 N–H and O–H groups in total. The molecule has 1 saturated heterocycles. The van der Waals surface area contributed by atoms with E-state index >= 15 is 0 Å². The standard InChI is InChI=1S/C18H21BrF2N4O2/c1-24-10-13(9-22-24)17(26)23-15-4-6-25(7-5-15)11-12-8-14(19)2-3-16(12)27-18(20)21/h2-3,8-10,15,18H,4-7,11H2,1H3,(H,23,26). The number of alkyl halides is 2. The van der Waals surface area contributed by atoms with E-state index in [1.807, 2.05) is 0 Å². The average molecular weight is 443 g/mol. The Balaban J connectivity index is 1.54. The van der Waals surface area contributed by atoms with Crippen molar-refractivity contribution >= 4 is 21.8 Å². The zero-order valence-corrected chi connectivity index (χ0v) is 16.5. The highest BCUT2D eigenvalue weighted by atomic mass is 79.9. The Morgan fingerprint density at radius 1 is 1.41 bits per heavy atom. The second-order valence-electron chi connectivity index (χ2n) is 6.56. The Morgan fingerprint density at radius 3 is 2.78 bits per heavy atom. The molecule has 0 saturated carbocycles. The van der Waals surface area contributed by atoms with Crippen LogP contribution in [0.15, 0.2) is 35.1 Å². The van der Waals surface area contributed by atoms with E-state index in [9.17, 15) is 13.6 Å². The van der Waals surface area contributed by atoms with Gasteiger partial charge in [-0.1, -0.05) is 15.9 Å². The number of amides is 1. The summed E-state index contributed by atoms with van der Waals surface area (Å²) in [5, 5.41) is 7.03. The average Bonchev–Trinajstić information content (AvgIpc) is 3.05. The van der Waals surface area contributed by atoms with Gasteiger partial charge in [-0.15, -0.1) is 0 Å². The molecule has 1 aliphatic heterocycles. The number of ether oxygens (including phenoxy) is 1. The number of carbonyl (C=O) groups excluding carboxylic acids is 1. The molecule has 1 aliphatic rings. The number of halogens is 3. The third kappa shape index (κ3) is 5.49. The Labute approximate surface area is 164 Å². The third-order valence-corrected chi connectivity index (χ3v) is 5.02. The normalized spacial score (nSPS) is 15.9. The zero-order valence-electron chi connectivity index (χ0n) is 14.9. The SMILES string of the molecule is Cn1cc(C(=O)NC2CCN(Cc3cc(Br)ccc3OC(F)F)CC2)cn1. The van der Waals surface area contributed by atoms with Crippen LogP contribution >= 0.6 is 15.9 Å². The quantitative estimate of drug-likeness (QED) is 0.746. The maximum Gasteiger partial charge on any atom is 0.387 e. The van der Waals surface area contributed by atoms with Gasteiger partial charge in [0.2, 0.25) is 0 Å². The highest BCUT2D eigenvalue weighted by Gasteiger charge is 2.23. The number of nitrogens with zero attached hydrogens (tertiary/aromatic N) is 3. The fourth-order valence-electron chi connectivity index (χ4n) is 3.17. The first-order chi connectivity index (χ1) is 12.9. The van der Waals surface area contributed by atoms with Crippen LogP contribution in [0.5, 0.6) is 5.75 Å². The van der Waals surface area contributed by atoms with Crippen molar-refractivity contribution in [1.29, 1.82) is 0 Å². The van der Waals surface area contributed by atoms with Crippen LogP contribution in [-0.4, -0.2) is 46.3 Å². The van der Waals surface area contributed by atoms with E-state index in [4.69, 9.17) is 0 Å². The molecule has 1 amide bonds. The molecule has 0 bridgehead atoms. The monoisotopic (exact) mass is 442 g/mol. The van der Waals surface area contributed by atoms with Crippen molar-refractivity contribution in [2.24, 2.45) is 7.05 Å². The van der Waals surface area contributed by atoms with E-state index in [-0.39, 0.29) is 17.7 Å². The molecule has 1 aromatic heterocycles. The second kappa shape index (κ2) is 8.79. The molecular formula is C18H21BrF2N4O2. The number of likely N-dealkylation sites (tertiary alicyclic amines) is 1. The fraction of sp³-hybridized carbons (Fsp3) is 0.444. The molecule has 27 heavy (non-hydrogen) atoms. The van der Waals surface area contributed by atoms with Crippen LogP contribution in [0.25, 0.3) is 0 Å². The van der Waals surface area contributed by atoms with Crippen LogP contribution in [-0.2, 0) is 13.6 Å². The Hall–Kier alpha value is -2.00. The van der Waals surface area contributed by atoms with Crippen molar-refractivity contribution in [1.82, 2.24) is 20.0 Å². The number of nitrogens with one attached hydrogen (secondary N) is 1. The van der Waals surface area contributed by atoms with Gasteiger partial charge in [0, 0.05) is 49.0 Å². The predicted molar refractivity (Wildman–Crippen MR) is 99.7 cm³/mol. The summed E-state index contributed by atoms with van der Waals surface area (Å²) in [5.74, 6) is 0.0707. The number of piperidine rings is 1. The van der Waals surface area contributed by atoms with Crippen molar-refractivity contribution < 1.29 is 18.3 Å². The molecule has 9 heteroatoms. The first kappa shape index (κ1) is 19.8. The molecule has 1 fully saturated rings. The third-order valence-electron chi connectivity index (χ3n) is 4.52. The maximum atomic E-state index is 12.6. The van der Waals surface area contributed by atoms with Crippen molar-refractivity contribution in [3.8, 4) is 5.75 Å². The Kier molecular flexibility index (Phi) is 6.43. The summed E-state index contributed by atoms with van der Waals surface area (Å²) in [6, 6.07) is 5.12. The molecule has 0 atom stereocenters. The van der Waals surface area contributed by atoms with E-state index < -0.39 is 6.61 Å². The maximum absolute atomic E-state index is 12.6. The molecule has 0 radical (unpaired) electrons. The van der Waals surface area contributed by atoms with Gasteiger partial charge in [-0.05, 0) is 31.0 Å². The van der Waals surface area contributed by atoms with Crippen molar-refractivity contribution in [3.05, 3.63) is 46.2 Å². The highest BCUT2D eigenvalue weighted by Crippen LogP contribution is 2.27. The smallest absolute Gasteiger partial charge is 0.387 e. The lowest BCUT2D eigenvalue weighted by atomic mass is 10.0. The molecule has 146 valence electrons. The lowest BCUT2D eigenvalue weighted by molar-refractivity contribution is -0.0508. The minimum absolute atomic E-state index is 0.0910. The predicted octanol–water partition coefficient (Wildman–Crippen LogP) is 3.18. The number of benzene rings is 1. The minimum atomic E-state index is -2.85. The molecule has 2 aromatic rings. The van der Waals surface area contributed by atoms with Crippen molar-refractivity contribution in [2.45, 2.75) is 32.0 Å². The largest absolute Gasteiger partial charge is 0.434 e. The van der Waals surface area contributed by atoms with Gasteiger partial charge in [0.25, 0.3) is 5.91 Å². The lowest BCUT2D eigenvalue weighted by Crippen LogP contribution is -2.44. The van der Waals surface area contributed by atoms with E-state index in [0.717, 1.165) is 30.4 Å². The number of carbonyl (C=O) groups is 1. The molecule has 2 heterocycles. The van der Waals surface area contributed by atoms with Gasteiger partial charge in [-0.25, -0.2) is 0 Å². The molecule has 3 rings (SSSR count). The highest BCUT2D eigenvalue weighted by molar-refractivity contribution is 9.10. The number of hydrogen-bond acceptors (Lipinski definition) is 4. The molecular weight excluding hydrogens is 422 g/mol. The van der Waals surface area contributed by atoms with Crippen molar-refractivity contribution in [3.63, 3.8) is 0 Å². The van der Waals surface area contributed by atoms with Gasteiger partial charge >= 0.3 is 6.61 Å². The molecule has 6 nitrogen and oxygen atoms in total. The first-order valence-corrected chi connectivity index (χ1v) is 9.45. The van der Waals surface area contributed by atoms with Gasteiger partial charge in [-0.2, -0.15) is 13.9 Å². The van der Waals surface area contributed by atoms with Crippen molar-refractivity contribution in [2.75, 3.05) is 13.1 Å². The molecule has 0 spiro atoms. The number of hydrogen-bond donors (Lipinski definition) is 1. The minimum Gasteiger partial charge on any atom is -0.434 e. The summed E-state index contributed by atoms with van der Waals surface area (Å²) < 4.78 is 32.2. The van der Waals surface area contributed by atoms with Crippen LogP contribution < -0.4 is 10.1 Å². The molecule has 0 aliphatic carbocycles. The van der Waals surface area contributed by atoms with Gasteiger partial charge in [-0.3, -0.25) is 14.4 Å². The number of aromatic nitrogens is 2. The summed E-state index contributed by atoms with van der Waals surface area (Å²) in [5.41, 5.74) is 1.25. The zero-order chi connectivity index (χ0) is 19.4. The van der Waals surface area contributed by atoms with Crippen LogP contribution in [0.1, 0.15) is 28.8 Å².